The summed E-state index contributed by atoms with van der Waals surface area (Å²) in [5.41, 5.74) is 1.08. The SMILES string of the molecule is CC(C)N(C(=O)CSc1nc2ccccc2[n+](=O)[nH]1)C(C)C. The average molecular weight is 321 g/mol. The third-order valence-corrected chi connectivity index (χ3v) is 4.10. The van der Waals surface area contributed by atoms with Gasteiger partial charge < -0.3 is 4.90 Å². The summed E-state index contributed by atoms with van der Waals surface area (Å²) >= 11 is 1.24. The standard InChI is InChI=1S/C15H21N4O2S/c1-10(2)18(11(3)4)14(20)9-22-15-16-12-7-5-6-8-13(12)19(21)17-15/h5-8,10-11H,9H2,1-4H3,(H,16,17,21)/q+1. The lowest BCUT2D eigenvalue weighted by molar-refractivity contribution is -0.541. The van der Waals surface area contributed by atoms with Gasteiger partial charge in [-0.2, -0.15) is 0 Å². The Hall–Kier alpha value is -1.89. The topological polar surface area (TPSA) is 72.0 Å². The second-order valence-corrected chi connectivity index (χ2v) is 6.55. The third-order valence-electron chi connectivity index (χ3n) is 3.25. The first kappa shape index (κ1) is 16.5. The Balaban J connectivity index is 2.15. The second-order valence-electron chi connectivity index (χ2n) is 5.59. The summed E-state index contributed by atoms with van der Waals surface area (Å²) < 4.78 is 0.678. The van der Waals surface area contributed by atoms with Crippen LogP contribution in [0.3, 0.4) is 0 Å². The van der Waals surface area contributed by atoms with Gasteiger partial charge in [-0.1, -0.05) is 29.0 Å². The van der Waals surface area contributed by atoms with E-state index in [2.05, 4.69) is 10.1 Å². The predicted molar refractivity (Wildman–Crippen MR) is 87.3 cm³/mol. The van der Waals surface area contributed by atoms with Crippen molar-refractivity contribution < 1.29 is 9.34 Å². The third kappa shape index (κ3) is 3.65. The van der Waals surface area contributed by atoms with Crippen LogP contribution in [-0.2, 0) is 4.79 Å². The fourth-order valence-electron chi connectivity index (χ4n) is 2.45. The molecule has 22 heavy (non-hydrogen) atoms. The van der Waals surface area contributed by atoms with E-state index in [1.807, 2.05) is 38.7 Å². The molecule has 2 rings (SSSR count). The first-order valence-electron chi connectivity index (χ1n) is 7.25. The normalized spacial score (nSPS) is 11.4. The van der Waals surface area contributed by atoms with E-state index in [0.29, 0.717) is 20.7 Å². The zero-order chi connectivity index (χ0) is 16.3. The molecule has 0 bridgehead atoms. The quantitative estimate of drug-likeness (QED) is 0.677. The van der Waals surface area contributed by atoms with Gasteiger partial charge in [0.25, 0.3) is 0 Å². The van der Waals surface area contributed by atoms with Crippen molar-refractivity contribution in [1.29, 1.82) is 0 Å². The van der Waals surface area contributed by atoms with Crippen molar-refractivity contribution in [2.45, 2.75) is 44.9 Å². The van der Waals surface area contributed by atoms with Gasteiger partial charge in [-0.3, -0.25) is 4.79 Å². The highest BCUT2D eigenvalue weighted by molar-refractivity contribution is 7.99. The zero-order valence-electron chi connectivity index (χ0n) is 13.2. The molecule has 1 aromatic carbocycles. The molecule has 7 heteroatoms. The lowest BCUT2D eigenvalue weighted by Gasteiger charge is -2.30. The summed E-state index contributed by atoms with van der Waals surface area (Å²) in [4.78, 5) is 30.4. The number of hydrogen-bond acceptors (Lipinski definition) is 4. The maximum atomic E-state index is 12.3. The molecule has 6 nitrogen and oxygen atoms in total. The maximum absolute atomic E-state index is 12.3. The summed E-state index contributed by atoms with van der Waals surface area (Å²) in [7, 11) is 0. The summed E-state index contributed by atoms with van der Waals surface area (Å²) in [5.74, 6) is 0.286. The number of nitrogens with one attached hydrogen (secondary N) is 1. The number of thioether (sulfide) groups is 1. The van der Waals surface area contributed by atoms with Gasteiger partial charge in [0, 0.05) is 18.2 Å². The van der Waals surface area contributed by atoms with Gasteiger partial charge in [-0.15, -0.1) is 0 Å². The molecule has 1 heterocycles. The van der Waals surface area contributed by atoms with Crippen molar-refractivity contribution >= 4 is 28.7 Å². The summed E-state index contributed by atoms with van der Waals surface area (Å²) in [6.45, 7) is 7.98. The van der Waals surface area contributed by atoms with Gasteiger partial charge >= 0.3 is 5.52 Å². The minimum Gasteiger partial charge on any atom is -0.337 e. The summed E-state index contributed by atoms with van der Waals surface area (Å²) in [5, 5.41) is 3.08. The molecule has 0 spiro atoms. The first-order valence-corrected chi connectivity index (χ1v) is 8.24. The Morgan fingerprint density at radius 2 is 1.91 bits per heavy atom. The van der Waals surface area contributed by atoms with Crippen LogP contribution < -0.4 is 4.54 Å². The van der Waals surface area contributed by atoms with Crippen LogP contribution in [0.5, 0.6) is 0 Å². The molecule has 0 fully saturated rings. The number of para-hydroxylation sites is 2. The maximum Gasteiger partial charge on any atom is 0.317 e. The lowest BCUT2D eigenvalue weighted by Crippen LogP contribution is -2.43. The van der Waals surface area contributed by atoms with E-state index in [4.69, 9.17) is 0 Å². The van der Waals surface area contributed by atoms with Crippen LogP contribution >= 0.6 is 11.8 Å². The van der Waals surface area contributed by atoms with Crippen LogP contribution in [-0.4, -0.2) is 38.7 Å². The van der Waals surface area contributed by atoms with Crippen LogP contribution in [0.2, 0.25) is 0 Å². The second kappa shape index (κ2) is 6.91. The molecule has 1 amide bonds. The van der Waals surface area contributed by atoms with E-state index in [9.17, 15) is 9.70 Å². The molecule has 1 N–H and O–H groups in total. The lowest BCUT2D eigenvalue weighted by atomic mass is 10.2. The first-order chi connectivity index (χ1) is 10.4. The molecule has 0 unspecified atom stereocenters. The molecule has 0 atom stereocenters. The molecule has 0 radical (unpaired) electrons. The predicted octanol–water partition coefficient (Wildman–Crippen LogP) is 2.21. The van der Waals surface area contributed by atoms with Gasteiger partial charge in [0.15, 0.2) is 4.54 Å². The van der Waals surface area contributed by atoms with Crippen molar-refractivity contribution in [1.82, 2.24) is 15.0 Å². The molecular formula is C15H21N4O2S+. The molecule has 2 aromatic rings. The van der Waals surface area contributed by atoms with Gasteiger partial charge in [-0.25, -0.2) is 4.98 Å². The molecule has 0 aliphatic heterocycles. The largest absolute Gasteiger partial charge is 0.337 e. The molecular weight excluding hydrogens is 300 g/mol. The Morgan fingerprint density at radius 3 is 2.55 bits per heavy atom. The highest BCUT2D eigenvalue weighted by Crippen LogP contribution is 2.16. The summed E-state index contributed by atoms with van der Waals surface area (Å²) in [6.07, 6.45) is 0. The average Bonchev–Trinajstić information content (AvgIpc) is 2.44. The van der Waals surface area contributed by atoms with Crippen LogP contribution in [0.4, 0.5) is 0 Å². The fraction of sp³-hybridized carbons (Fsp3) is 0.467. The van der Waals surface area contributed by atoms with Gasteiger partial charge in [0.2, 0.25) is 11.1 Å². The van der Waals surface area contributed by atoms with Crippen molar-refractivity contribution in [3.8, 4) is 0 Å². The Labute approximate surface area is 133 Å². The number of carbonyl (C=O) groups is 1. The van der Waals surface area contributed by atoms with Crippen molar-refractivity contribution in [2.75, 3.05) is 5.75 Å². The van der Waals surface area contributed by atoms with E-state index in [1.165, 1.54) is 11.8 Å². The van der Waals surface area contributed by atoms with Crippen LogP contribution in [0, 0.1) is 4.91 Å². The van der Waals surface area contributed by atoms with Crippen LogP contribution in [0.25, 0.3) is 11.0 Å². The smallest absolute Gasteiger partial charge is 0.317 e. The number of nitrogens with zero attached hydrogens (tertiary/aromatic N) is 3. The van der Waals surface area contributed by atoms with E-state index in [1.54, 1.807) is 18.2 Å². The number of aromatic nitrogens is 3. The monoisotopic (exact) mass is 321 g/mol. The Bertz CT molecular complexity index is 719. The number of carbonyl (C=O) groups excluding carboxylic acids is 1. The highest BCUT2D eigenvalue weighted by Gasteiger charge is 2.21. The Morgan fingerprint density at radius 1 is 1.27 bits per heavy atom. The number of benzene rings is 1. The van der Waals surface area contributed by atoms with Crippen molar-refractivity contribution in [3.05, 3.63) is 29.2 Å². The van der Waals surface area contributed by atoms with E-state index < -0.39 is 0 Å². The van der Waals surface area contributed by atoms with Gasteiger partial charge in [0.1, 0.15) is 5.52 Å². The zero-order valence-corrected chi connectivity index (χ0v) is 14.1. The number of aromatic amines is 1. The van der Waals surface area contributed by atoms with E-state index in [-0.39, 0.29) is 23.7 Å². The number of amides is 1. The minimum atomic E-state index is 0.0378. The fourth-order valence-corrected chi connectivity index (χ4v) is 3.17. The highest BCUT2D eigenvalue weighted by atomic mass is 32.2. The molecule has 118 valence electrons. The van der Waals surface area contributed by atoms with Crippen molar-refractivity contribution in [2.24, 2.45) is 0 Å². The van der Waals surface area contributed by atoms with E-state index in [0.717, 1.165) is 0 Å². The number of rotatable bonds is 5. The van der Waals surface area contributed by atoms with E-state index >= 15 is 0 Å². The van der Waals surface area contributed by atoms with Crippen LogP contribution in [0.15, 0.2) is 29.4 Å². The summed E-state index contributed by atoms with van der Waals surface area (Å²) in [6, 6.07) is 7.37. The Kier molecular flexibility index (Phi) is 5.18. The number of hydrogen-bond donors (Lipinski definition) is 1. The van der Waals surface area contributed by atoms with Crippen molar-refractivity contribution in [3.63, 3.8) is 0 Å². The van der Waals surface area contributed by atoms with Gasteiger partial charge in [0.05, 0.1) is 10.7 Å². The molecule has 0 aliphatic rings. The molecule has 0 saturated heterocycles. The molecule has 0 saturated carbocycles. The number of H-pyrrole nitrogens is 1. The van der Waals surface area contributed by atoms with Gasteiger partial charge in [-0.05, 0) is 33.8 Å². The van der Waals surface area contributed by atoms with Crippen LogP contribution in [0.1, 0.15) is 27.7 Å². The molecule has 0 aliphatic carbocycles. The minimum absolute atomic E-state index is 0.0378. The molecule has 1 aromatic heterocycles. The number of fused-ring (bicyclic) bond motifs is 1.